The lowest BCUT2D eigenvalue weighted by Gasteiger charge is -2.11. The Morgan fingerprint density at radius 2 is 2.10 bits per heavy atom. The second-order valence-electron chi connectivity index (χ2n) is 7.95. The first-order chi connectivity index (χ1) is 15.1. The van der Waals surface area contributed by atoms with Crippen molar-refractivity contribution in [1.82, 2.24) is 29.6 Å². The molecular formula is C23H24N6O2. The first kappa shape index (κ1) is 19.3. The van der Waals surface area contributed by atoms with Gasteiger partial charge in [-0.25, -0.2) is 0 Å². The predicted molar refractivity (Wildman–Crippen MR) is 117 cm³/mol. The monoisotopic (exact) mass is 416 g/mol. The summed E-state index contributed by atoms with van der Waals surface area (Å²) < 4.78 is 3.65. The summed E-state index contributed by atoms with van der Waals surface area (Å²) >= 11 is 0. The molecule has 1 aromatic carbocycles. The van der Waals surface area contributed by atoms with Crippen molar-refractivity contribution in [2.24, 2.45) is 0 Å². The normalized spacial score (nSPS) is 12.9. The molecule has 0 saturated heterocycles. The minimum atomic E-state index is -0.376. The smallest absolute Gasteiger partial charge is 0.263 e. The van der Waals surface area contributed by atoms with Gasteiger partial charge in [-0.1, -0.05) is 18.2 Å². The Morgan fingerprint density at radius 1 is 1.23 bits per heavy atom. The Kier molecular flexibility index (Phi) is 4.89. The zero-order chi connectivity index (χ0) is 21.4. The van der Waals surface area contributed by atoms with Crippen molar-refractivity contribution in [2.45, 2.75) is 45.8 Å². The highest BCUT2D eigenvalue weighted by molar-refractivity contribution is 5.95. The molecule has 0 bridgehead atoms. The van der Waals surface area contributed by atoms with Crippen LogP contribution in [0.5, 0.6) is 0 Å². The summed E-state index contributed by atoms with van der Waals surface area (Å²) in [5.74, 6) is 1.31. The average molecular weight is 416 g/mol. The number of carbonyl (C=O) groups is 1. The fourth-order valence-electron chi connectivity index (χ4n) is 4.29. The summed E-state index contributed by atoms with van der Waals surface area (Å²) in [6.07, 6.45) is 6.40. The maximum Gasteiger partial charge on any atom is 0.263 e. The number of aromatic amines is 1. The Balaban J connectivity index is 1.32. The summed E-state index contributed by atoms with van der Waals surface area (Å²) in [5, 5.41) is 12.3. The van der Waals surface area contributed by atoms with Crippen LogP contribution >= 0.6 is 0 Å². The van der Waals surface area contributed by atoms with Crippen LogP contribution < -0.4 is 10.9 Å². The third-order valence-corrected chi connectivity index (χ3v) is 5.99. The van der Waals surface area contributed by atoms with E-state index in [2.05, 4.69) is 26.6 Å². The number of aryl methyl sites for hydroxylation is 4. The number of para-hydroxylation sites is 1. The van der Waals surface area contributed by atoms with Crippen LogP contribution in [-0.2, 0) is 32.5 Å². The van der Waals surface area contributed by atoms with Gasteiger partial charge in [0.2, 0.25) is 0 Å². The van der Waals surface area contributed by atoms with Crippen molar-refractivity contribution in [3.05, 3.63) is 81.4 Å². The largest absolute Gasteiger partial charge is 0.361 e. The molecule has 1 aliphatic rings. The number of amides is 1. The third kappa shape index (κ3) is 3.54. The summed E-state index contributed by atoms with van der Waals surface area (Å²) in [4.78, 5) is 29.2. The number of H-pyrrole nitrogens is 1. The van der Waals surface area contributed by atoms with Crippen LogP contribution in [0, 0.1) is 6.92 Å². The molecule has 4 heterocycles. The molecule has 0 radical (unpaired) electrons. The van der Waals surface area contributed by atoms with E-state index >= 15 is 0 Å². The molecule has 31 heavy (non-hydrogen) atoms. The van der Waals surface area contributed by atoms with E-state index in [1.807, 2.05) is 35.0 Å². The van der Waals surface area contributed by atoms with Gasteiger partial charge in [-0.3, -0.25) is 9.59 Å². The van der Waals surface area contributed by atoms with Crippen molar-refractivity contribution in [3.63, 3.8) is 0 Å². The molecule has 0 unspecified atom stereocenters. The van der Waals surface area contributed by atoms with Crippen molar-refractivity contribution < 1.29 is 4.79 Å². The molecule has 0 spiro atoms. The second-order valence-corrected chi connectivity index (χ2v) is 7.95. The van der Waals surface area contributed by atoms with Crippen molar-refractivity contribution in [1.29, 1.82) is 0 Å². The summed E-state index contributed by atoms with van der Waals surface area (Å²) in [6, 6.07) is 9.92. The minimum Gasteiger partial charge on any atom is -0.361 e. The Morgan fingerprint density at radius 3 is 3.00 bits per heavy atom. The van der Waals surface area contributed by atoms with E-state index in [1.54, 1.807) is 17.7 Å². The summed E-state index contributed by atoms with van der Waals surface area (Å²) in [6.45, 7) is 3.42. The van der Waals surface area contributed by atoms with Gasteiger partial charge in [0.05, 0.1) is 6.54 Å². The number of rotatable bonds is 6. The van der Waals surface area contributed by atoms with Crippen LogP contribution in [0.25, 0.3) is 10.9 Å². The number of nitrogens with one attached hydrogen (secondary N) is 2. The maximum atomic E-state index is 13.1. The molecule has 3 aromatic heterocycles. The number of pyridine rings is 1. The lowest BCUT2D eigenvalue weighted by molar-refractivity contribution is 0.0946. The molecule has 158 valence electrons. The molecule has 8 heteroatoms. The first-order valence-electron chi connectivity index (χ1n) is 10.6. The molecule has 0 saturated carbocycles. The van der Waals surface area contributed by atoms with Crippen LogP contribution in [0.1, 0.15) is 39.6 Å². The van der Waals surface area contributed by atoms with E-state index in [1.165, 1.54) is 0 Å². The number of hydrogen-bond donors (Lipinski definition) is 2. The van der Waals surface area contributed by atoms with Gasteiger partial charge in [-0.15, -0.1) is 10.2 Å². The van der Waals surface area contributed by atoms with Crippen LogP contribution in [0.4, 0.5) is 0 Å². The molecule has 4 aromatic rings. The molecule has 0 atom stereocenters. The molecular weight excluding hydrogens is 392 g/mol. The molecule has 1 amide bonds. The third-order valence-electron chi connectivity index (χ3n) is 5.99. The SMILES string of the molecule is Cc1ccn(CCc2c[nH]c3ccccc23)c(=O)c1C(=O)NCc1nnc2n1CCC2. The first-order valence-corrected chi connectivity index (χ1v) is 10.6. The molecule has 8 nitrogen and oxygen atoms in total. The standard InChI is InChI=1S/C23H24N6O2/c1-15-8-11-28(12-9-16-13-24-18-6-3-2-5-17(16)18)23(31)21(15)22(30)25-14-20-27-26-19-7-4-10-29(19)20/h2-3,5-6,8,11,13,24H,4,7,9-10,12,14H2,1H3,(H,25,30). The number of benzene rings is 1. The summed E-state index contributed by atoms with van der Waals surface area (Å²) in [7, 11) is 0. The number of hydrogen-bond acceptors (Lipinski definition) is 4. The Bertz CT molecular complexity index is 1330. The molecule has 2 N–H and O–H groups in total. The van der Waals surface area contributed by atoms with E-state index in [9.17, 15) is 9.59 Å². The van der Waals surface area contributed by atoms with Crippen molar-refractivity contribution in [2.75, 3.05) is 0 Å². The number of nitrogens with zero attached hydrogens (tertiary/aromatic N) is 4. The minimum absolute atomic E-state index is 0.183. The van der Waals surface area contributed by atoms with E-state index in [-0.39, 0.29) is 23.6 Å². The van der Waals surface area contributed by atoms with Crippen LogP contribution in [-0.4, -0.2) is 30.2 Å². The summed E-state index contributed by atoms with van der Waals surface area (Å²) in [5.41, 5.74) is 2.80. The lowest BCUT2D eigenvalue weighted by Crippen LogP contribution is -2.34. The maximum absolute atomic E-state index is 13.1. The molecule has 1 aliphatic heterocycles. The predicted octanol–water partition coefficient (Wildman–Crippen LogP) is 2.35. The quantitative estimate of drug-likeness (QED) is 0.504. The number of aromatic nitrogens is 5. The number of fused-ring (bicyclic) bond motifs is 2. The van der Waals surface area contributed by atoms with Gasteiger partial charge in [0, 0.05) is 42.8 Å². The van der Waals surface area contributed by atoms with Gasteiger partial charge in [-0.2, -0.15) is 0 Å². The topological polar surface area (TPSA) is 97.6 Å². The van der Waals surface area contributed by atoms with Crippen LogP contribution in [0.2, 0.25) is 0 Å². The zero-order valence-electron chi connectivity index (χ0n) is 17.4. The van der Waals surface area contributed by atoms with E-state index in [0.717, 1.165) is 47.5 Å². The fraction of sp³-hybridized carbons (Fsp3) is 0.304. The highest BCUT2D eigenvalue weighted by Crippen LogP contribution is 2.18. The fourth-order valence-corrected chi connectivity index (χ4v) is 4.29. The van der Waals surface area contributed by atoms with Crippen molar-refractivity contribution >= 4 is 16.8 Å². The van der Waals surface area contributed by atoms with E-state index in [0.29, 0.717) is 18.5 Å². The van der Waals surface area contributed by atoms with E-state index < -0.39 is 0 Å². The van der Waals surface area contributed by atoms with Gasteiger partial charge in [0.1, 0.15) is 11.4 Å². The van der Waals surface area contributed by atoms with Crippen LogP contribution in [0.3, 0.4) is 0 Å². The highest BCUT2D eigenvalue weighted by atomic mass is 16.2. The van der Waals surface area contributed by atoms with Gasteiger partial charge in [0.25, 0.3) is 11.5 Å². The Labute approximate surface area is 178 Å². The van der Waals surface area contributed by atoms with Crippen molar-refractivity contribution in [3.8, 4) is 0 Å². The zero-order valence-corrected chi connectivity index (χ0v) is 17.4. The molecule has 0 aliphatic carbocycles. The lowest BCUT2D eigenvalue weighted by atomic mass is 10.1. The van der Waals surface area contributed by atoms with Gasteiger partial charge in [-0.05, 0) is 43.0 Å². The Hall–Kier alpha value is -3.68. The number of carbonyl (C=O) groups excluding carboxylic acids is 1. The second kappa shape index (κ2) is 7.86. The van der Waals surface area contributed by atoms with E-state index in [4.69, 9.17) is 0 Å². The van der Waals surface area contributed by atoms with Gasteiger partial charge < -0.3 is 19.4 Å². The molecule has 5 rings (SSSR count). The van der Waals surface area contributed by atoms with Gasteiger partial charge in [0.15, 0.2) is 5.82 Å². The highest BCUT2D eigenvalue weighted by Gasteiger charge is 2.20. The average Bonchev–Trinajstić information content (AvgIpc) is 3.48. The van der Waals surface area contributed by atoms with Gasteiger partial charge >= 0.3 is 0 Å². The molecule has 0 fully saturated rings. The van der Waals surface area contributed by atoms with Crippen LogP contribution in [0.15, 0.2) is 47.5 Å².